The van der Waals surface area contributed by atoms with Crippen LogP contribution in [0, 0.1) is 17.8 Å². The van der Waals surface area contributed by atoms with Crippen molar-refractivity contribution in [3.63, 3.8) is 0 Å². The van der Waals surface area contributed by atoms with Gasteiger partial charge in [0, 0.05) is 6.04 Å². The highest BCUT2D eigenvalue weighted by molar-refractivity contribution is 6.45. The highest BCUT2D eigenvalue weighted by Crippen LogP contribution is 2.58. The van der Waals surface area contributed by atoms with Gasteiger partial charge in [0.2, 0.25) is 5.91 Å². The van der Waals surface area contributed by atoms with Gasteiger partial charge >= 0.3 is 17.8 Å². The van der Waals surface area contributed by atoms with Gasteiger partial charge in [-0.3, -0.25) is 14.4 Å². The molecular formula is C21H29N3O4. The van der Waals surface area contributed by atoms with E-state index < -0.39 is 23.4 Å². The van der Waals surface area contributed by atoms with Crippen molar-refractivity contribution in [1.82, 2.24) is 15.1 Å². The number of imide groups is 2. The number of amides is 5. The summed E-state index contributed by atoms with van der Waals surface area (Å²) in [6, 6.07) is -0.459. The van der Waals surface area contributed by atoms with Crippen molar-refractivity contribution in [1.29, 1.82) is 0 Å². The van der Waals surface area contributed by atoms with Crippen molar-refractivity contribution >= 4 is 23.8 Å². The molecule has 0 aromatic rings. The summed E-state index contributed by atoms with van der Waals surface area (Å²) in [5.41, 5.74) is -0.493. The lowest BCUT2D eigenvalue weighted by Gasteiger charge is -2.58. The smallest absolute Gasteiger partial charge is 0.335 e. The van der Waals surface area contributed by atoms with Gasteiger partial charge in [-0.15, -0.1) is 0 Å². The minimum absolute atomic E-state index is 0.115. The topological polar surface area (TPSA) is 86.8 Å². The molecule has 0 atom stereocenters. The van der Waals surface area contributed by atoms with Crippen molar-refractivity contribution < 1.29 is 19.2 Å². The Labute approximate surface area is 165 Å². The number of carbonyl (C=O) groups excluding carboxylic acids is 4. The normalized spacial score (nSPS) is 37.9. The van der Waals surface area contributed by atoms with E-state index in [0.29, 0.717) is 17.8 Å². The Hall–Kier alpha value is -1.92. The van der Waals surface area contributed by atoms with Gasteiger partial charge in [0.1, 0.15) is 6.54 Å². The number of hydrogen-bond donors (Lipinski definition) is 1. The molecule has 0 radical (unpaired) electrons. The molecule has 6 rings (SSSR count). The molecule has 1 heterocycles. The standard InChI is InChI=1S/C21H29N3O4/c25-17(22-16-4-2-1-3-5-16)12-23-18(26)19(27)24(20(23)28)21-9-13-6-14(10-21)8-15(7-13)11-21/h13-16H,1-12H2,(H,22,25). The van der Waals surface area contributed by atoms with Gasteiger partial charge in [-0.2, -0.15) is 0 Å². The average Bonchev–Trinajstić information content (AvgIpc) is 2.85. The van der Waals surface area contributed by atoms with Crippen molar-refractivity contribution in [2.24, 2.45) is 17.8 Å². The van der Waals surface area contributed by atoms with E-state index in [2.05, 4.69) is 5.32 Å². The molecule has 5 saturated carbocycles. The van der Waals surface area contributed by atoms with E-state index in [4.69, 9.17) is 0 Å². The van der Waals surface area contributed by atoms with Crippen LogP contribution in [0.3, 0.4) is 0 Å². The van der Waals surface area contributed by atoms with Gasteiger partial charge in [-0.05, 0) is 69.1 Å². The summed E-state index contributed by atoms with van der Waals surface area (Å²) < 4.78 is 0. The molecule has 6 fully saturated rings. The number of carbonyl (C=O) groups is 4. The Bertz CT molecular complexity index is 692. The van der Waals surface area contributed by atoms with Gasteiger partial charge in [-0.25, -0.2) is 14.6 Å². The Kier molecular flexibility index (Phi) is 4.25. The minimum Gasteiger partial charge on any atom is -0.352 e. The van der Waals surface area contributed by atoms with Crippen LogP contribution in [0.4, 0.5) is 4.79 Å². The van der Waals surface area contributed by atoms with E-state index in [1.165, 1.54) is 30.6 Å². The summed E-state index contributed by atoms with van der Waals surface area (Å²) >= 11 is 0. The lowest BCUT2D eigenvalue weighted by molar-refractivity contribution is -0.150. The lowest BCUT2D eigenvalue weighted by Crippen LogP contribution is -2.62. The molecule has 28 heavy (non-hydrogen) atoms. The van der Waals surface area contributed by atoms with Crippen molar-refractivity contribution in [2.75, 3.05) is 6.54 Å². The van der Waals surface area contributed by atoms with Gasteiger partial charge < -0.3 is 5.32 Å². The van der Waals surface area contributed by atoms with Crippen molar-refractivity contribution in [2.45, 2.75) is 82.2 Å². The fourth-order valence-electron chi connectivity index (χ4n) is 7.07. The van der Waals surface area contributed by atoms with E-state index in [1.54, 1.807) is 0 Å². The predicted molar refractivity (Wildman–Crippen MR) is 99.9 cm³/mol. The zero-order valence-electron chi connectivity index (χ0n) is 16.3. The first-order valence-electron chi connectivity index (χ1n) is 10.9. The minimum atomic E-state index is -0.834. The molecule has 0 aromatic carbocycles. The Balaban J connectivity index is 1.30. The van der Waals surface area contributed by atoms with Gasteiger partial charge in [0.25, 0.3) is 0 Å². The maximum Gasteiger partial charge on any atom is 0.335 e. The second-order valence-corrected chi connectivity index (χ2v) is 9.86. The van der Waals surface area contributed by atoms with Crippen LogP contribution >= 0.6 is 0 Å². The highest BCUT2D eigenvalue weighted by Gasteiger charge is 2.61. The van der Waals surface area contributed by atoms with Crippen molar-refractivity contribution in [3.8, 4) is 0 Å². The molecule has 0 spiro atoms. The molecule has 5 aliphatic carbocycles. The van der Waals surface area contributed by atoms with Crippen LogP contribution in [-0.4, -0.2) is 51.7 Å². The summed E-state index contributed by atoms with van der Waals surface area (Å²) in [7, 11) is 0. The molecule has 7 nitrogen and oxygen atoms in total. The summed E-state index contributed by atoms with van der Waals surface area (Å²) in [6.45, 7) is -0.344. The highest BCUT2D eigenvalue weighted by atomic mass is 16.2. The maximum atomic E-state index is 13.1. The Morgan fingerprint density at radius 2 is 1.46 bits per heavy atom. The number of urea groups is 1. The SMILES string of the molecule is O=C(CN1C(=O)C(=O)N(C23CC4CC(CC(C4)C2)C3)C1=O)NC1CCCCC1. The van der Waals surface area contributed by atoms with Crippen LogP contribution in [0.1, 0.15) is 70.6 Å². The van der Waals surface area contributed by atoms with Crippen LogP contribution in [0.2, 0.25) is 0 Å². The number of rotatable bonds is 4. The second kappa shape index (κ2) is 6.56. The molecule has 1 N–H and O–H groups in total. The van der Waals surface area contributed by atoms with Crippen LogP contribution in [-0.2, 0) is 14.4 Å². The van der Waals surface area contributed by atoms with Gasteiger partial charge in [0.05, 0.1) is 5.54 Å². The molecule has 7 heteroatoms. The largest absolute Gasteiger partial charge is 0.352 e. The summed E-state index contributed by atoms with van der Waals surface area (Å²) in [4.78, 5) is 53.0. The van der Waals surface area contributed by atoms with Gasteiger partial charge in [0.15, 0.2) is 0 Å². The van der Waals surface area contributed by atoms with Crippen LogP contribution in [0.25, 0.3) is 0 Å². The second-order valence-electron chi connectivity index (χ2n) is 9.86. The molecule has 4 bridgehead atoms. The molecule has 5 amide bonds. The molecule has 0 aromatic heterocycles. The van der Waals surface area contributed by atoms with Crippen LogP contribution in [0.5, 0.6) is 0 Å². The lowest BCUT2D eigenvalue weighted by atomic mass is 9.52. The molecule has 6 aliphatic rings. The molecule has 152 valence electrons. The third-order valence-electron chi connectivity index (χ3n) is 7.81. The summed E-state index contributed by atoms with van der Waals surface area (Å²) in [6.07, 6.45) is 11.3. The Morgan fingerprint density at radius 1 is 0.893 bits per heavy atom. The fourth-order valence-corrected chi connectivity index (χ4v) is 7.07. The molecule has 1 aliphatic heterocycles. The Morgan fingerprint density at radius 3 is 2.04 bits per heavy atom. The van der Waals surface area contributed by atoms with E-state index in [9.17, 15) is 19.2 Å². The average molecular weight is 387 g/mol. The number of nitrogens with zero attached hydrogens (tertiary/aromatic N) is 2. The monoisotopic (exact) mass is 387 g/mol. The third-order valence-corrected chi connectivity index (χ3v) is 7.81. The van der Waals surface area contributed by atoms with Crippen LogP contribution < -0.4 is 5.32 Å². The van der Waals surface area contributed by atoms with E-state index >= 15 is 0 Å². The first-order valence-corrected chi connectivity index (χ1v) is 10.9. The van der Waals surface area contributed by atoms with E-state index in [0.717, 1.165) is 49.8 Å². The first kappa shape index (κ1) is 18.1. The predicted octanol–water partition coefficient (Wildman–Crippen LogP) is 2.19. The van der Waals surface area contributed by atoms with Crippen LogP contribution in [0.15, 0.2) is 0 Å². The zero-order chi connectivity index (χ0) is 19.5. The van der Waals surface area contributed by atoms with E-state index in [1.807, 2.05) is 0 Å². The van der Waals surface area contributed by atoms with Gasteiger partial charge in [-0.1, -0.05) is 19.3 Å². The zero-order valence-corrected chi connectivity index (χ0v) is 16.3. The molecule has 1 saturated heterocycles. The summed E-state index contributed by atoms with van der Waals surface area (Å²) in [5.74, 6) is -0.215. The third kappa shape index (κ3) is 2.85. The molecular weight excluding hydrogens is 358 g/mol. The fraction of sp³-hybridized carbons (Fsp3) is 0.810. The molecule has 0 unspecified atom stereocenters. The maximum absolute atomic E-state index is 13.1. The first-order chi connectivity index (χ1) is 13.4. The van der Waals surface area contributed by atoms with E-state index in [-0.39, 0.29) is 18.5 Å². The number of hydrogen-bond acceptors (Lipinski definition) is 4. The quantitative estimate of drug-likeness (QED) is 0.592. The van der Waals surface area contributed by atoms with Crippen molar-refractivity contribution in [3.05, 3.63) is 0 Å². The summed E-state index contributed by atoms with van der Waals surface area (Å²) in [5, 5.41) is 2.94. The number of nitrogens with one attached hydrogen (secondary N) is 1.